The van der Waals surface area contributed by atoms with Crippen LogP contribution in [0.1, 0.15) is 10.5 Å². The molecule has 1 aromatic carbocycles. The van der Waals surface area contributed by atoms with Gasteiger partial charge < -0.3 is 5.32 Å². The minimum absolute atomic E-state index is 0.0529. The molecule has 3 aromatic rings. The van der Waals surface area contributed by atoms with E-state index in [0.29, 0.717) is 5.69 Å². The molecule has 1 amide bonds. The van der Waals surface area contributed by atoms with Gasteiger partial charge in [0, 0.05) is 23.6 Å². The lowest BCUT2D eigenvalue weighted by atomic mass is 10.3. The number of hydrogen-bond donors (Lipinski definition) is 1. The number of nitrogens with zero attached hydrogens (tertiary/aromatic N) is 2. The van der Waals surface area contributed by atoms with Gasteiger partial charge in [0.05, 0.1) is 10.7 Å². The van der Waals surface area contributed by atoms with Crippen LogP contribution in [0.5, 0.6) is 0 Å². The number of benzene rings is 1. The van der Waals surface area contributed by atoms with E-state index in [1.54, 1.807) is 18.2 Å². The van der Waals surface area contributed by atoms with Crippen molar-refractivity contribution >= 4 is 44.8 Å². The van der Waals surface area contributed by atoms with Crippen molar-refractivity contribution in [2.24, 2.45) is 0 Å². The van der Waals surface area contributed by atoms with Crippen LogP contribution >= 0.6 is 23.2 Å². The average Bonchev–Trinajstić information content (AvgIpc) is 3.07. The van der Waals surface area contributed by atoms with Gasteiger partial charge in [-0.05, 0) is 36.4 Å². The van der Waals surface area contributed by atoms with Gasteiger partial charge in [-0.25, -0.2) is 12.4 Å². The fraction of sp³-hybridized carbons (Fsp3) is 0. The molecule has 128 valence electrons. The maximum atomic E-state index is 12.7. The number of nitrogens with one attached hydrogen (secondary N) is 1. The molecule has 2 heterocycles. The van der Waals surface area contributed by atoms with Gasteiger partial charge in [-0.1, -0.05) is 29.3 Å². The highest BCUT2D eigenvalue weighted by Gasteiger charge is 2.21. The minimum atomic E-state index is -3.94. The van der Waals surface area contributed by atoms with E-state index < -0.39 is 15.9 Å². The molecule has 0 bridgehead atoms. The Balaban J connectivity index is 1.88. The number of rotatable bonds is 4. The zero-order valence-electron chi connectivity index (χ0n) is 12.6. The Labute approximate surface area is 154 Å². The zero-order valence-corrected chi connectivity index (χ0v) is 14.9. The lowest BCUT2D eigenvalue weighted by Crippen LogP contribution is -2.14. The Kier molecular flexibility index (Phi) is 4.80. The van der Waals surface area contributed by atoms with Crippen LogP contribution in [0.4, 0.5) is 5.69 Å². The molecular weight excluding hydrogens is 385 g/mol. The summed E-state index contributed by atoms with van der Waals surface area (Å²) in [7, 11) is -3.94. The Morgan fingerprint density at radius 2 is 1.92 bits per heavy atom. The Morgan fingerprint density at radius 1 is 1.12 bits per heavy atom. The van der Waals surface area contributed by atoms with Crippen molar-refractivity contribution < 1.29 is 13.2 Å². The van der Waals surface area contributed by atoms with E-state index in [2.05, 4.69) is 10.3 Å². The molecule has 0 saturated heterocycles. The Hall–Kier alpha value is -2.35. The molecule has 6 nitrogen and oxygen atoms in total. The second kappa shape index (κ2) is 6.87. The second-order valence-corrected chi connectivity index (χ2v) is 7.63. The predicted octanol–water partition coefficient (Wildman–Crippen LogP) is 3.68. The SMILES string of the molecule is O=C(Nc1ccn(S(=O)(=O)c2cc(Cl)ccc2Cl)c1)c1ccccn1. The summed E-state index contributed by atoms with van der Waals surface area (Å²) in [6.07, 6.45) is 4.07. The summed E-state index contributed by atoms with van der Waals surface area (Å²) in [6.45, 7) is 0. The van der Waals surface area contributed by atoms with Crippen molar-refractivity contribution in [3.63, 3.8) is 0 Å². The van der Waals surface area contributed by atoms with Crippen molar-refractivity contribution in [2.45, 2.75) is 4.90 Å². The van der Waals surface area contributed by atoms with Gasteiger partial charge in [0.15, 0.2) is 0 Å². The van der Waals surface area contributed by atoms with Gasteiger partial charge in [-0.15, -0.1) is 0 Å². The van der Waals surface area contributed by atoms with Crippen LogP contribution in [0.25, 0.3) is 0 Å². The molecule has 3 rings (SSSR count). The van der Waals surface area contributed by atoms with Crippen molar-refractivity contribution in [3.05, 3.63) is 76.8 Å². The highest BCUT2D eigenvalue weighted by atomic mass is 35.5. The van der Waals surface area contributed by atoms with E-state index in [1.165, 1.54) is 42.9 Å². The smallest absolute Gasteiger partial charge is 0.274 e. The van der Waals surface area contributed by atoms with Gasteiger partial charge in [-0.2, -0.15) is 0 Å². The molecule has 0 spiro atoms. The van der Waals surface area contributed by atoms with E-state index >= 15 is 0 Å². The molecule has 0 fully saturated rings. The first-order valence-electron chi connectivity index (χ1n) is 6.99. The zero-order chi connectivity index (χ0) is 18.0. The first-order chi connectivity index (χ1) is 11.9. The van der Waals surface area contributed by atoms with E-state index in [-0.39, 0.29) is 20.6 Å². The van der Waals surface area contributed by atoms with E-state index in [0.717, 1.165) is 3.97 Å². The third kappa shape index (κ3) is 3.68. The number of carbonyl (C=O) groups is 1. The fourth-order valence-corrected chi connectivity index (χ4v) is 4.02. The minimum Gasteiger partial charge on any atom is -0.319 e. The first-order valence-corrected chi connectivity index (χ1v) is 9.18. The first kappa shape index (κ1) is 17.5. The Morgan fingerprint density at radius 3 is 2.64 bits per heavy atom. The summed E-state index contributed by atoms with van der Waals surface area (Å²) < 4.78 is 26.3. The number of aromatic nitrogens is 2. The van der Waals surface area contributed by atoms with Crippen LogP contribution in [0.2, 0.25) is 10.0 Å². The molecule has 1 N–H and O–H groups in total. The number of pyridine rings is 1. The molecular formula is C16H11Cl2N3O3S. The van der Waals surface area contributed by atoms with Crippen LogP contribution in [0.3, 0.4) is 0 Å². The van der Waals surface area contributed by atoms with Crippen LogP contribution in [-0.2, 0) is 10.0 Å². The van der Waals surface area contributed by atoms with Crippen molar-refractivity contribution in [1.29, 1.82) is 0 Å². The lowest BCUT2D eigenvalue weighted by molar-refractivity contribution is 0.102. The largest absolute Gasteiger partial charge is 0.319 e. The highest BCUT2D eigenvalue weighted by Crippen LogP contribution is 2.27. The molecule has 0 unspecified atom stereocenters. The molecule has 0 saturated carbocycles. The van der Waals surface area contributed by atoms with Crippen molar-refractivity contribution in [2.75, 3.05) is 5.32 Å². The average molecular weight is 396 g/mol. The molecule has 2 aromatic heterocycles. The van der Waals surface area contributed by atoms with Gasteiger partial charge in [0.1, 0.15) is 10.6 Å². The quantitative estimate of drug-likeness (QED) is 0.730. The number of amides is 1. The van der Waals surface area contributed by atoms with Gasteiger partial charge in [-0.3, -0.25) is 9.78 Å². The van der Waals surface area contributed by atoms with Crippen LogP contribution < -0.4 is 5.32 Å². The van der Waals surface area contributed by atoms with E-state index in [1.807, 2.05) is 0 Å². The molecule has 25 heavy (non-hydrogen) atoms. The molecule has 0 atom stereocenters. The number of halogens is 2. The van der Waals surface area contributed by atoms with E-state index in [9.17, 15) is 13.2 Å². The topological polar surface area (TPSA) is 81.1 Å². The molecule has 0 aliphatic heterocycles. The van der Waals surface area contributed by atoms with Gasteiger partial charge in [0.25, 0.3) is 15.9 Å². The molecule has 0 aliphatic carbocycles. The fourth-order valence-electron chi connectivity index (χ4n) is 2.08. The van der Waals surface area contributed by atoms with Crippen LogP contribution in [0.15, 0.2) is 66.0 Å². The van der Waals surface area contributed by atoms with Crippen molar-refractivity contribution in [3.8, 4) is 0 Å². The summed E-state index contributed by atoms with van der Waals surface area (Å²) in [5.41, 5.74) is 0.522. The molecule has 0 radical (unpaired) electrons. The van der Waals surface area contributed by atoms with Gasteiger partial charge in [0.2, 0.25) is 0 Å². The third-order valence-corrected chi connectivity index (χ3v) is 5.62. The maximum Gasteiger partial charge on any atom is 0.274 e. The third-order valence-electron chi connectivity index (χ3n) is 3.27. The number of anilines is 1. The second-order valence-electron chi connectivity index (χ2n) is 4.98. The van der Waals surface area contributed by atoms with E-state index in [4.69, 9.17) is 23.2 Å². The summed E-state index contributed by atoms with van der Waals surface area (Å²) in [5.74, 6) is -0.448. The summed E-state index contributed by atoms with van der Waals surface area (Å²) in [5, 5.41) is 2.88. The predicted molar refractivity (Wildman–Crippen MR) is 95.7 cm³/mol. The van der Waals surface area contributed by atoms with Crippen LogP contribution in [-0.4, -0.2) is 23.3 Å². The van der Waals surface area contributed by atoms with Crippen molar-refractivity contribution in [1.82, 2.24) is 8.96 Å². The Bertz CT molecular complexity index is 1030. The lowest BCUT2D eigenvalue weighted by Gasteiger charge is -2.08. The van der Waals surface area contributed by atoms with Gasteiger partial charge >= 0.3 is 0 Å². The monoisotopic (exact) mass is 395 g/mol. The number of hydrogen-bond acceptors (Lipinski definition) is 4. The summed E-state index contributed by atoms with van der Waals surface area (Å²) in [6, 6.07) is 10.5. The summed E-state index contributed by atoms with van der Waals surface area (Å²) in [4.78, 5) is 15.9. The maximum absolute atomic E-state index is 12.7. The van der Waals surface area contributed by atoms with Crippen LogP contribution in [0, 0.1) is 0 Å². The number of carbonyl (C=O) groups excluding carboxylic acids is 1. The highest BCUT2D eigenvalue weighted by molar-refractivity contribution is 7.90. The normalized spacial score (nSPS) is 11.3. The standard InChI is InChI=1S/C16H11Cl2N3O3S/c17-11-4-5-13(18)15(9-11)25(23,24)21-8-6-12(10-21)20-16(22)14-3-1-2-7-19-14/h1-10H,(H,20,22). The molecule has 9 heteroatoms. The summed E-state index contributed by atoms with van der Waals surface area (Å²) >= 11 is 11.8. The molecule has 0 aliphatic rings.